The lowest BCUT2D eigenvalue weighted by molar-refractivity contribution is 0.603. The molecule has 1 aromatic carbocycles. The SMILES string of the molecule is Cc1ccc(S(=O)(=O)Nc2ccc(Cl)cc2C)s1. The van der Waals surface area contributed by atoms with Crippen LogP contribution in [0.25, 0.3) is 0 Å². The monoisotopic (exact) mass is 301 g/mol. The second-order valence-electron chi connectivity index (χ2n) is 3.93. The summed E-state index contributed by atoms with van der Waals surface area (Å²) in [4.78, 5) is 0.961. The molecule has 1 aromatic heterocycles. The van der Waals surface area contributed by atoms with E-state index in [9.17, 15) is 8.42 Å². The Morgan fingerprint density at radius 2 is 1.89 bits per heavy atom. The van der Waals surface area contributed by atoms with Crippen molar-refractivity contribution in [2.45, 2.75) is 18.1 Å². The summed E-state index contributed by atoms with van der Waals surface area (Å²) in [6, 6.07) is 8.43. The van der Waals surface area contributed by atoms with E-state index in [-0.39, 0.29) is 0 Å². The highest BCUT2D eigenvalue weighted by atomic mass is 35.5. The zero-order valence-electron chi connectivity index (χ0n) is 9.90. The molecule has 18 heavy (non-hydrogen) atoms. The van der Waals surface area contributed by atoms with E-state index in [2.05, 4.69) is 4.72 Å². The number of rotatable bonds is 3. The summed E-state index contributed by atoms with van der Waals surface area (Å²) in [5, 5.41) is 0.586. The van der Waals surface area contributed by atoms with E-state index >= 15 is 0 Å². The molecule has 2 rings (SSSR count). The van der Waals surface area contributed by atoms with E-state index in [1.807, 2.05) is 13.8 Å². The molecule has 0 saturated carbocycles. The van der Waals surface area contributed by atoms with Crippen LogP contribution >= 0.6 is 22.9 Å². The molecule has 0 saturated heterocycles. The van der Waals surface area contributed by atoms with Crippen molar-refractivity contribution in [3.8, 4) is 0 Å². The van der Waals surface area contributed by atoms with Gasteiger partial charge in [-0.3, -0.25) is 4.72 Å². The first-order valence-electron chi connectivity index (χ1n) is 5.24. The molecule has 0 aliphatic heterocycles. The summed E-state index contributed by atoms with van der Waals surface area (Å²) in [5.41, 5.74) is 1.34. The molecule has 0 fully saturated rings. The van der Waals surface area contributed by atoms with Crippen molar-refractivity contribution in [2.75, 3.05) is 4.72 Å². The molecule has 0 spiro atoms. The number of hydrogen-bond acceptors (Lipinski definition) is 3. The van der Waals surface area contributed by atoms with Gasteiger partial charge < -0.3 is 0 Å². The number of benzene rings is 1. The quantitative estimate of drug-likeness (QED) is 0.937. The predicted octanol–water partition coefficient (Wildman–Crippen LogP) is 3.82. The Kier molecular flexibility index (Phi) is 3.66. The van der Waals surface area contributed by atoms with Gasteiger partial charge in [-0.15, -0.1) is 11.3 Å². The van der Waals surface area contributed by atoms with E-state index in [1.54, 1.807) is 30.3 Å². The average Bonchev–Trinajstić information content (AvgIpc) is 2.70. The van der Waals surface area contributed by atoms with Crippen LogP contribution in [-0.2, 0) is 10.0 Å². The third kappa shape index (κ3) is 2.85. The van der Waals surface area contributed by atoms with Crippen molar-refractivity contribution in [3.63, 3.8) is 0 Å². The number of anilines is 1. The van der Waals surface area contributed by atoms with Gasteiger partial charge in [-0.1, -0.05) is 11.6 Å². The van der Waals surface area contributed by atoms with E-state index in [0.29, 0.717) is 14.9 Å². The van der Waals surface area contributed by atoms with Crippen molar-refractivity contribution in [1.82, 2.24) is 0 Å². The topological polar surface area (TPSA) is 46.2 Å². The maximum Gasteiger partial charge on any atom is 0.271 e. The summed E-state index contributed by atoms with van der Waals surface area (Å²) in [6.07, 6.45) is 0. The zero-order chi connectivity index (χ0) is 13.3. The molecule has 0 radical (unpaired) electrons. The molecular formula is C12H12ClNO2S2. The molecule has 0 atom stereocenters. The van der Waals surface area contributed by atoms with Crippen LogP contribution in [0.5, 0.6) is 0 Å². The Hall–Kier alpha value is -1.04. The number of halogens is 1. The van der Waals surface area contributed by atoms with Gasteiger partial charge >= 0.3 is 0 Å². The molecule has 0 bridgehead atoms. The van der Waals surface area contributed by atoms with E-state index < -0.39 is 10.0 Å². The lowest BCUT2D eigenvalue weighted by atomic mass is 10.2. The highest BCUT2D eigenvalue weighted by molar-refractivity contribution is 7.94. The van der Waals surface area contributed by atoms with Gasteiger partial charge in [0, 0.05) is 9.90 Å². The Balaban J connectivity index is 2.33. The second kappa shape index (κ2) is 4.91. The Labute approximate surface area is 115 Å². The maximum absolute atomic E-state index is 12.1. The molecule has 2 aromatic rings. The molecule has 0 aliphatic carbocycles. The second-order valence-corrected chi connectivity index (χ2v) is 7.56. The summed E-state index contributed by atoms with van der Waals surface area (Å²) in [7, 11) is -3.50. The molecule has 0 unspecified atom stereocenters. The normalized spacial score (nSPS) is 11.5. The molecular weight excluding hydrogens is 290 g/mol. The zero-order valence-corrected chi connectivity index (χ0v) is 12.3. The number of aryl methyl sites for hydroxylation is 2. The van der Waals surface area contributed by atoms with Crippen LogP contribution in [-0.4, -0.2) is 8.42 Å². The van der Waals surface area contributed by atoms with E-state index in [4.69, 9.17) is 11.6 Å². The van der Waals surface area contributed by atoms with Gasteiger partial charge in [-0.05, 0) is 49.7 Å². The van der Waals surface area contributed by atoms with Crippen LogP contribution in [0.1, 0.15) is 10.4 Å². The fourth-order valence-corrected chi connectivity index (χ4v) is 4.13. The molecule has 6 heteroatoms. The van der Waals surface area contributed by atoms with Crippen molar-refractivity contribution in [3.05, 3.63) is 45.8 Å². The van der Waals surface area contributed by atoms with Crippen LogP contribution in [0.3, 0.4) is 0 Å². The minimum atomic E-state index is -3.50. The standard InChI is InChI=1S/C12H12ClNO2S2/c1-8-7-10(13)4-5-11(8)14-18(15,16)12-6-3-9(2)17-12/h3-7,14H,1-2H3. The first kappa shape index (κ1) is 13.4. The minimum Gasteiger partial charge on any atom is -0.279 e. The maximum atomic E-state index is 12.1. The van der Waals surface area contributed by atoms with Crippen LogP contribution in [0, 0.1) is 13.8 Å². The van der Waals surface area contributed by atoms with Crippen molar-refractivity contribution in [2.24, 2.45) is 0 Å². The molecule has 0 amide bonds. The highest BCUT2D eigenvalue weighted by Gasteiger charge is 2.17. The van der Waals surface area contributed by atoms with Crippen LogP contribution in [0.4, 0.5) is 5.69 Å². The number of hydrogen-bond donors (Lipinski definition) is 1. The highest BCUT2D eigenvalue weighted by Crippen LogP contribution is 2.26. The van der Waals surface area contributed by atoms with Gasteiger partial charge in [0.25, 0.3) is 10.0 Å². The van der Waals surface area contributed by atoms with Crippen LogP contribution < -0.4 is 4.72 Å². The Morgan fingerprint density at radius 3 is 2.44 bits per heavy atom. The van der Waals surface area contributed by atoms with Gasteiger partial charge in [0.05, 0.1) is 5.69 Å². The lowest BCUT2D eigenvalue weighted by Gasteiger charge is -2.09. The molecule has 3 nitrogen and oxygen atoms in total. The van der Waals surface area contributed by atoms with Crippen molar-refractivity contribution in [1.29, 1.82) is 0 Å². The molecule has 1 N–H and O–H groups in total. The third-order valence-electron chi connectivity index (χ3n) is 2.41. The largest absolute Gasteiger partial charge is 0.279 e. The number of nitrogens with one attached hydrogen (secondary N) is 1. The molecule has 1 heterocycles. The summed E-state index contributed by atoms with van der Waals surface area (Å²) < 4.78 is 27.1. The number of sulfonamides is 1. The fourth-order valence-electron chi connectivity index (χ4n) is 1.49. The summed E-state index contributed by atoms with van der Waals surface area (Å²) in [5.74, 6) is 0. The smallest absolute Gasteiger partial charge is 0.271 e. The first-order chi connectivity index (χ1) is 8.38. The van der Waals surface area contributed by atoms with Gasteiger partial charge in [-0.25, -0.2) is 8.42 Å². The Bertz CT molecular complexity index is 677. The first-order valence-corrected chi connectivity index (χ1v) is 7.92. The van der Waals surface area contributed by atoms with Gasteiger partial charge in [0.15, 0.2) is 0 Å². The molecule has 96 valence electrons. The Morgan fingerprint density at radius 1 is 1.17 bits per heavy atom. The molecule has 0 aliphatic rings. The fraction of sp³-hybridized carbons (Fsp3) is 0.167. The van der Waals surface area contributed by atoms with Crippen molar-refractivity contribution < 1.29 is 8.42 Å². The summed E-state index contributed by atoms with van der Waals surface area (Å²) in [6.45, 7) is 3.68. The third-order valence-corrected chi connectivity index (χ3v) is 5.51. The summed E-state index contributed by atoms with van der Waals surface area (Å²) >= 11 is 7.08. The van der Waals surface area contributed by atoms with E-state index in [1.165, 1.54) is 11.3 Å². The van der Waals surface area contributed by atoms with Gasteiger partial charge in [0.2, 0.25) is 0 Å². The number of thiophene rings is 1. The average molecular weight is 302 g/mol. The minimum absolute atomic E-state index is 0.314. The predicted molar refractivity (Wildman–Crippen MR) is 76.1 cm³/mol. The van der Waals surface area contributed by atoms with Crippen LogP contribution in [0.2, 0.25) is 5.02 Å². The van der Waals surface area contributed by atoms with Crippen LogP contribution in [0.15, 0.2) is 34.5 Å². The lowest BCUT2D eigenvalue weighted by Crippen LogP contribution is -2.12. The van der Waals surface area contributed by atoms with Gasteiger partial charge in [0.1, 0.15) is 4.21 Å². The van der Waals surface area contributed by atoms with Crippen molar-refractivity contribution >= 4 is 38.6 Å². The van der Waals surface area contributed by atoms with E-state index in [0.717, 1.165) is 10.4 Å². The van der Waals surface area contributed by atoms with Gasteiger partial charge in [-0.2, -0.15) is 0 Å².